The zero-order valence-corrected chi connectivity index (χ0v) is 16.9. The van der Waals surface area contributed by atoms with Crippen LogP contribution in [0.25, 0.3) is 0 Å². The number of benzene rings is 2. The van der Waals surface area contributed by atoms with Gasteiger partial charge in [-0.1, -0.05) is 15.9 Å². The van der Waals surface area contributed by atoms with Crippen LogP contribution in [0, 0.1) is 23.4 Å². The van der Waals surface area contributed by atoms with Crippen LogP contribution in [-0.4, -0.2) is 31.7 Å². The highest BCUT2D eigenvalue weighted by Crippen LogP contribution is 2.26. The Hall–Kier alpha value is -1.91. The lowest BCUT2D eigenvalue weighted by Crippen LogP contribution is -2.43. The van der Waals surface area contributed by atoms with E-state index in [9.17, 15) is 26.4 Å². The van der Waals surface area contributed by atoms with Crippen LogP contribution < -0.4 is 5.32 Å². The van der Waals surface area contributed by atoms with Crippen LogP contribution >= 0.6 is 15.9 Å². The Morgan fingerprint density at radius 1 is 1.07 bits per heavy atom. The molecule has 0 unspecified atom stereocenters. The van der Waals surface area contributed by atoms with Crippen LogP contribution in [0.1, 0.15) is 12.8 Å². The highest BCUT2D eigenvalue weighted by Gasteiger charge is 2.33. The third-order valence-corrected chi connectivity index (χ3v) is 6.91. The topological polar surface area (TPSA) is 66.5 Å². The number of carbonyl (C=O) groups excluding carboxylic acids is 1. The molecule has 1 N–H and O–H groups in total. The minimum absolute atomic E-state index is 0.0878. The largest absolute Gasteiger partial charge is 0.323 e. The summed E-state index contributed by atoms with van der Waals surface area (Å²) in [4.78, 5) is 12.5. The fraction of sp³-hybridized carbons (Fsp3) is 0.278. The van der Waals surface area contributed by atoms with Crippen LogP contribution in [0.2, 0.25) is 0 Å². The normalized spacial score (nSPS) is 18.1. The van der Waals surface area contributed by atoms with Gasteiger partial charge in [-0.15, -0.1) is 0 Å². The van der Waals surface area contributed by atoms with E-state index in [4.69, 9.17) is 0 Å². The van der Waals surface area contributed by atoms with Crippen LogP contribution in [0.5, 0.6) is 0 Å². The Balaban J connectivity index is 1.75. The maximum absolute atomic E-state index is 13.8. The van der Waals surface area contributed by atoms with Crippen molar-refractivity contribution in [1.82, 2.24) is 4.31 Å². The number of halogens is 4. The van der Waals surface area contributed by atoms with Gasteiger partial charge in [0.1, 0.15) is 0 Å². The first-order valence-corrected chi connectivity index (χ1v) is 10.6. The van der Waals surface area contributed by atoms with Crippen LogP contribution in [-0.2, 0) is 14.8 Å². The number of piperidine rings is 1. The Labute approximate surface area is 168 Å². The first-order chi connectivity index (χ1) is 13.2. The van der Waals surface area contributed by atoms with Crippen LogP contribution in [0.3, 0.4) is 0 Å². The lowest BCUT2D eigenvalue weighted by molar-refractivity contribution is -0.120. The van der Waals surface area contributed by atoms with Gasteiger partial charge >= 0.3 is 0 Å². The van der Waals surface area contributed by atoms with E-state index in [1.807, 2.05) is 0 Å². The highest BCUT2D eigenvalue weighted by molar-refractivity contribution is 9.10. The molecule has 0 radical (unpaired) electrons. The second-order valence-corrected chi connectivity index (χ2v) is 9.22. The quantitative estimate of drug-likeness (QED) is 0.680. The average molecular weight is 477 g/mol. The van der Waals surface area contributed by atoms with E-state index in [-0.39, 0.29) is 18.0 Å². The number of hydrogen-bond donors (Lipinski definition) is 1. The molecular formula is C18H16BrF3N2O3S. The third-order valence-electron chi connectivity index (χ3n) is 4.50. The van der Waals surface area contributed by atoms with Crippen LogP contribution in [0.15, 0.2) is 45.8 Å². The van der Waals surface area contributed by atoms with Crippen LogP contribution in [0.4, 0.5) is 18.9 Å². The highest BCUT2D eigenvalue weighted by atomic mass is 79.9. The van der Waals surface area contributed by atoms with Gasteiger partial charge in [0, 0.05) is 17.6 Å². The van der Waals surface area contributed by atoms with Crippen molar-refractivity contribution in [3.05, 3.63) is 58.3 Å². The molecule has 5 nitrogen and oxygen atoms in total. The summed E-state index contributed by atoms with van der Waals surface area (Å²) < 4.78 is 67.6. The smallest absolute Gasteiger partial charge is 0.243 e. The van der Waals surface area contributed by atoms with Gasteiger partial charge in [0.2, 0.25) is 15.9 Å². The summed E-state index contributed by atoms with van der Waals surface area (Å²) in [5.41, 5.74) is -0.489. The zero-order valence-electron chi connectivity index (χ0n) is 14.5. The number of carbonyl (C=O) groups is 1. The summed E-state index contributed by atoms with van der Waals surface area (Å²) in [6.45, 7) is 0.164. The number of sulfonamides is 1. The van der Waals surface area contributed by atoms with Gasteiger partial charge in [0.15, 0.2) is 17.5 Å². The van der Waals surface area contributed by atoms with E-state index in [1.165, 1.54) is 16.4 Å². The SMILES string of the molecule is O=C(Nc1ccc(F)c(F)c1F)[C@H]1CCCN(S(=O)(=O)c2ccc(Br)cc2)C1. The molecule has 1 fully saturated rings. The number of hydrogen-bond acceptors (Lipinski definition) is 3. The number of amides is 1. The fourth-order valence-electron chi connectivity index (χ4n) is 2.99. The van der Waals surface area contributed by atoms with Crippen molar-refractivity contribution in [2.75, 3.05) is 18.4 Å². The molecule has 1 atom stereocenters. The van der Waals surface area contributed by atoms with Gasteiger partial charge in [-0.2, -0.15) is 4.31 Å². The van der Waals surface area contributed by atoms with Crippen molar-refractivity contribution < 1.29 is 26.4 Å². The van der Waals surface area contributed by atoms with Crippen molar-refractivity contribution in [1.29, 1.82) is 0 Å². The Morgan fingerprint density at radius 3 is 2.43 bits per heavy atom. The van der Waals surface area contributed by atoms with Gasteiger partial charge in [0.05, 0.1) is 16.5 Å². The molecule has 28 heavy (non-hydrogen) atoms. The Bertz CT molecular complexity index is 1000. The maximum atomic E-state index is 13.8. The molecule has 1 aliphatic heterocycles. The van der Waals surface area contributed by atoms with Gasteiger partial charge in [0.25, 0.3) is 0 Å². The first kappa shape index (κ1) is 20.8. The van der Waals surface area contributed by atoms with E-state index < -0.39 is 45.0 Å². The number of rotatable bonds is 4. The lowest BCUT2D eigenvalue weighted by Gasteiger charge is -2.31. The van der Waals surface area contributed by atoms with E-state index >= 15 is 0 Å². The lowest BCUT2D eigenvalue weighted by atomic mass is 9.98. The summed E-state index contributed by atoms with van der Waals surface area (Å²) in [7, 11) is -3.79. The molecule has 1 amide bonds. The van der Waals surface area contributed by atoms with Crippen molar-refractivity contribution in [3.8, 4) is 0 Å². The molecule has 1 heterocycles. The molecule has 10 heteroatoms. The van der Waals surface area contributed by atoms with Gasteiger partial charge in [-0.3, -0.25) is 4.79 Å². The van der Waals surface area contributed by atoms with Gasteiger partial charge < -0.3 is 5.32 Å². The van der Waals surface area contributed by atoms with Gasteiger partial charge in [-0.05, 0) is 49.2 Å². The number of anilines is 1. The standard InChI is InChI=1S/C18H16BrF3N2O3S/c19-12-3-5-13(6-4-12)28(26,27)24-9-1-2-11(10-24)18(25)23-15-8-7-14(20)16(21)17(15)22/h3-8,11H,1-2,9-10H2,(H,23,25)/t11-/m0/s1. The monoisotopic (exact) mass is 476 g/mol. The fourth-order valence-corrected chi connectivity index (χ4v) is 4.78. The Kier molecular flexibility index (Phi) is 6.11. The van der Waals surface area contributed by atoms with Crippen molar-refractivity contribution in [3.63, 3.8) is 0 Å². The second-order valence-electron chi connectivity index (χ2n) is 6.37. The minimum Gasteiger partial charge on any atom is -0.323 e. The predicted octanol–water partition coefficient (Wildman–Crippen LogP) is 3.91. The molecule has 2 aromatic carbocycles. The second kappa shape index (κ2) is 8.22. The molecule has 2 aromatic rings. The zero-order chi connectivity index (χ0) is 20.5. The summed E-state index contributed by atoms with van der Waals surface area (Å²) in [6, 6.07) is 7.75. The van der Waals surface area contributed by atoms with Crippen molar-refractivity contribution >= 4 is 37.5 Å². The minimum atomic E-state index is -3.79. The molecule has 1 saturated heterocycles. The maximum Gasteiger partial charge on any atom is 0.243 e. The molecule has 150 valence electrons. The molecule has 1 aliphatic rings. The summed E-state index contributed by atoms with van der Waals surface area (Å²) in [5, 5.41) is 2.22. The number of nitrogens with one attached hydrogen (secondary N) is 1. The molecule has 3 rings (SSSR count). The molecule has 0 aromatic heterocycles. The summed E-state index contributed by atoms with van der Waals surface area (Å²) in [5.74, 6) is -5.93. The molecule has 0 spiro atoms. The van der Waals surface area contributed by atoms with Crippen molar-refractivity contribution in [2.45, 2.75) is 17.7 Å². The average Bonchev–Trinajstić information content (AvgIpc) is 2.69. The molecule has 0 aliphatic carbocycles. The Morgan fingerprint density at radius 2 is 1.75 bits per heavy atom. The van der Waals surface area contributed by atoms with Gasteiger partial charge in [-0.25, -0.2) is 21.6 Å². The number of nitrogens with zero attached hydrogens (tertiary/aromatic N) is 1. The third kappa shape index (κ3) is 4.23. The summed E-state index contributed by atoms with van der Waals surface area (Å²) in [6.07, 6.45) is 0.831. The van der Waals surface area contributed by atoms with E-state index in [1.54, 1.807) is 12.1 Å². The van der Waals surface area contributed by atoms with E-state index in [0.717, 1.165) is 10.5 Å². The molecule has 0 bridgehead atoms. The predicted molar refractivity (Wildman–Crippen MR) is 101 cm³/mol. The molecule has 0 saturated carbocycles. The summed E-state index contributed by atoms with van der Waals surface area (Å²) >= 11 is 3.24. The molecular weight excluding hydrogens is 461 g/mol. The van der Waals surface area contributed by atoms with Crippen molar-refractivity contribution in [2.24, 2.45) is 5.92 Å². The van der Waals surface area contributed by atoms with E-state index in [2.05, 4.69) is 21.2 Å². The van der Waals surface area contributed by atoms with E-state index in [0.29, 0.717) is 18.9 Å². The first-order valence-electron chi connectivity index (χ1n) is 8.40.